The Morgan fingerprint density at radius 2 is 1.88 bits per heavy atom. The first-order valence-corrected chi connectivity index (χ1v) is 12.2. The summed E-state index contributed by atoms with van der Waals surface area (Å²) in [7, 11) is 0. The summed E-state index contributed by atoms with van der Waals surface area (Å²) in [6, 6.07) is 14.8. The van der Waals surface area contributed by atoms with Crippen LogP contribution in [0.4, 0.5) is 5.82 Å². The molecular weight excluding hydrogens is 414 g/mol. The van der Waals surface area contributed by atoms with Crippen LogP contribution in [0.25, 0.3) is 5.65 Å². The minimum absolute atomic E-state index is 0.0735. The number of nitrogens with zero attached hydrogens (tertiary/aromatic N) is 5. The summed E-state index contributed by atoms with van der Waals surface area (Å²) in [5, 5.41) is 19.6. The lowest BCUT2D eigenvalue weighted by Crippen LogP contribution is -2.34. The number of nitrogens with one attached hydrogen (secondary N) is 2. The van der Waals surface area contributed by atoms with Crippen LogP contribution in [0.5, 0.6) is 0 Å². The minimum atomic E-state index is 0.0735. The third kappa shape index (κ3) is 5.50. The van der Waals surface area contributed by atoms with Crippen molar-refractivity contribution in [2.24, 2.45) is 5.92 Å². The predicted molar refractivity (Wildman–Crippen MR) is 128 cm³/mol. The van der Waals surface area contributed by atoms with Crippen LogP contribution >= 0.6 is 0 Å². The molecule has 0 unspecified atom stereocenters. The third-order valence-corrected chi connectivity index (χ3v) is 6.97. The molecule has 3 heterocycles. The highest BCUT2D eigenvalue weighted by Gasteiger charge is 2.29. The molecule has 1 aromatic carbocycles. The van der Waals surface area contributed by atoms with Gasteiger partial charge in [-0.1, -0.05) is 43.2 Å². The van der Waals surface area contributed by atoms with Crippen molar-refractivity contribution in [2.45, 2.75) is 57.5 Å². The largest absolute Gasteiger partial charge is 0.365 e. The summed E-state index contributed by atoms with van der Waals surface area (Å²) in [4.78, 5) is 15.1. The highest BCUT2D eigenvalue weighted by molar-refractivity contribution is 5.76. The molecule has 1 aliphatic carbocycles. The SMILES string of the molecule is O=C(CCc1nnc2ccc(NCc3ccccc3)nn12)NC[C@@H]1CCN(C2CCCC2)C1. The van der Waals surface area contributed by atoms with E-state index in [2.05, 4.69) is 43.0 Å². The summed E-state index contributed by atoms with van der Waals surface area (Å²) in [6.07, 6.45) is 7.54. The van der Waals surface area contributed by atoms with E-state index in [9.17, 15) is 4.79 Å². The van der Waals surface area contributed by atoms with E-state index in [1.807, 2.05) is 30.3 Å². The number of aryl methyl sites for hydroxylation is 1. The van der Waals surface area contributed by atoms with E-state index in [1.54, 1.807) is 4.52 Å². The first-order chi connectivity index (χ1) is 16.2. The number of aromatic nitrogens is 4. The van der Waals surface area contributed by atoms with Crippen molar-refractivity contribution in [3.63, 3.8) is 0 Å². The Kier molecular flexibility index (Phi) is 6.81. The number of rotatable bonds is 9. The van der Waals surface area contributed by atoms with Crippen LogP contribution in [-0.2, 0) is 17.8 Å². The lowest BCUT2D eigenvalue weighted by Gasteiger charge is -2.23. The molecule has 174 valence electrons. The van der Waals surface area contributed by atoms with E-state index in [-0.39, 0.29) is 5.91 Å². The monoisotopic (exact) mass is 447 g/mol. The average Bonchev–Trinajstić information content (AvgIpc) is 3.61. The maximum atomic E-state index is 12.5. The Bertz CT molecular complexity index is 1060. The van der Waals surface area contributed by atoms with Gasteiger partial charge in [-0.3, -0.25) is 4.79 Å². The van der Waals surface area contributed by atoms with Crippen LogP contribution in [0.15, 0.2) is 42.5 Å². The summed E-state index contributed by atoms with van der Waals surface area (Å²) in [5.41, 5.74) is 1.88. The number of carbonyl (C=O) groups excluding carboxylic acids is 1. The van der Waals surface area contributed by atoms with Gasteiger partial charge in [-0.15, -0.1) is 15.3 Å². The molecule has 1 aliphatic heterocycles. The Hall–Kier alpha value is -3.00. The summed E-state index contributed by atoms with van der Waals surface area (Å²) in [6.45, 7) is 3.78. The number of likely N-dealkylation sites (tertiary alicyclic amines) is 1. The average molecular weight is 448 g/mol. The van der Waals surface area contributed by atoms with Gasteiger partial charge in [0.1, 0.15) is 5.82 Å². The first-order valence-electron chi connectivity index (χ1n) is 12.2. The molecule has 3 aromatic rings. The fraction of sp³-hybridized carbons (Fsp3) is 0.520. The van der Waals surface area contributed by atoms with Gasteiger partial charge in [0.15, 0.2) is 11.5 Å². The zero-order chi connectivity index (χ0) is 22.5. The first kappa shape index (κ1) is 21.8. The van der Waals surface area contributed by atoms with Crippen LogP contribution < -0.4 is 10.6 Å². The number of fused-ring (bicyclic) bond motifs is 1. The quantitative estimate of drug-likeness (QED) is 0.524. The minimum Gasteiger partial charge on any atom is -0.365 e. The van der Waals surface area contributed by atoms with Crippen molar-refractivity contribution in [3.8, 4) is 0 Å². The fourth-order valence-electron chi connectivity index (χ4n) is 5.07. The van der Waals surface area contributed by atoms with E-state index in [0.717, 1.165) is 24.9 Å². The van der Waals surface area contributed by atoms with Gasteiger partial charge in [0.2, 0.25) is 5.91 Å². The fourth-order valence-corrected chi connectivity index (χ4v) is 5.07. The third-order valence-electron chi connectivity index (χ3n) is 6.97. The van der Waals surface area contributed by atoms with Crippen molar-refractivity contribution in [2.75, 3.05) is 25.0 Å². The van der Waals surface area contributed by atoms with Crippen LogP contribution in [0, 0.1) is 5.92 Å². The Balaban J connectivity index is 1.10. The number of anilines is 1. The van der Waals surface area contributed by atoms with Gasteiger partial charge in [-0.2, -0.15) is 4.52 Å². The maximum absolute atomic E-state index is 12.5. The molecule has 0 radical (unpaired) electrons. The molecule has 0 bridgehead atoms. The molecule has 1 saturated carbocycles. The molecule has 0 spiro atoms. The van der Waals surface area contributed by atoms with Crippen molar-refractivity contribution in [1.82, 2.24) is 30.0 Å². The van der Waals surface area contributed by atoms with Gasteiger partial charge in [-0.25, -0.2) is 0 Å². The molecule has 2 N–H and O–H groups in total. The van der Waals surface area contributed by atoms with E-state index >= 15 is 0 Å². The van der Waals surface area contributed by atoms with E-state index in [0.29, 0.717) is 36.8 Å². The molecule has 2 aliphatic rings. The molecule has 1 saturated heterocycles. The second-order valence-electron chi connectivity index (χ2n) is 9.34. The highest BCUT2D eigenvalue weighted by Crippen LogP contribution is 2.28. The topological polar surface area (TPSA) is 87.5 Å². The number of amides is 1. The van der Waals surface area contributed by atoms with Crippen LogP contribution in [-0.4, -0.2) is 56.3 Å². The normalized spacial score (nSPS) is 19.3. The lowest BCUT2D eigenvalue weighted by molar-refractivity contribution is -0.121. The van der Waals surface area contributed by atoms with Gasteiger partial charge in [-0.05, 0) is 49.4 Å². The van der Waals surface area contributed by atoms with Gasteiger partial charge >= 0.3 is 0 Å². The number of hydrogen-bond acceptors (Lipinski definition) is 6. The van der Waals surface area contributed by atoms with Crippen molar-refractivity contribution < 1.29 is 4.79 Å². The van der Waals surface area contributed by atoms with Crippen LogP contribution in [0.3, 0.4) is 0 Å². The van der Waals surface area contributed by atoms with Crippen molar-refractivity contribution >= 4 is 17.4 Å². The molecule has 1 atom stereocenters. The van der Waals surface area contributed by atoms with Crippen LogP contribution in [0.1, 0.15) is 49.9 Å². The highest BCUT2D eigenvalue weighted by atomic mass is 16.1. The van der Waals surface area contributed by atoms with Gasteiger partial charge < -0.3 is 15.5 Å². The Morgan fingerprint density at radius 3 is 2.73 bits per heavy atom. The van der Waals surface area contributed by atoms with Gasteiger partial charge in [0, 0.05) is 38.5 Å². The molecule has 8 heteroatoms. The molecule has 2 fully saturated rings. The standard InChI is InChI=1S/C25H33N7O/c33-25(27-17-20-14-15-31(18-20)21-8-4-5-9-21)13-12-24-29-28-23-11-10-22(30-32(23)24)26-16-19-6-2-1-3-7-19/h1-3,6-7,10-11,20-21H,4-5,8-9,12-18H2,(H,26,30)(H,27,33)/t20-/m0/s1. The van der Waals surface area contributed by atoms with E-state index in [1.165, 1.54) is 44.2 Å². The van der Waals surface area contributed by atoms with Gasteiger partial charge in [0.25, 0.3) is 0 Å². The Morgan fingerprint density at radius 1 is 1.03 bits per heavy atom. The predicted octanol–water partition coefficient (Wildman–Crippen LogP) is 3.05. The molecule has 33 heavy (non-hydrogen) atoms. The zero-order valence-corrected chi connectivity index (χ0v) is 19.1. The van der Waals surface area contributed by atoms with Crippen molar-refractivity contribution in [1.29, 1.82) is 0 Å². The lowest BCUT2D eigenvalue weighted by atomic mass is 10.1. The van der Waals surface area contributed by atoms with Gasteiger partial charge in [0.05, 0.1) is 0 Å². The number of hydrogen-bond donors (Lipinski definition) is 2. The molecule has 2 aromatic heterocycles. The maximum Gasteiger partial charge on any atom is 0.220 e. The summed E-state index contributed by atoms with van der Waals surface area (Å²) < 4.78 is 1.73. The number of benzene rings is 1. The zero-order valence-electron chi connectivity index (χ0n) is 19.1. The van der Waals surface area contributed by atoms with Crippen molar-refractivity contribution in [3.05, 3.63) is 53.9 Å². The number of carbonyl (C=O) groups is 1. The molecular formula is C25H33N7O. The van der Waals surface area contributed by atoms with Crippen LogP contribution in [0.2, 0.25) is 0 Å². The summed E-state index contributed by atoms with van der Waals surface area (Å²) >= 11 is 0. The van der Waals surface area contributed by atoms with E-state index < -0.39 is 0 Å². The molecule has 1 amide bonds. The Labute approximate surface area is 194 Å². The smallest absolute Gasteiger partial charge is 0.220 e. The second-order valence-corrected chi connectivity index (χ2v) is 9.34. The second kappa shape index (κ2) is 10.3. The van der Waals surface area contributed by atoms with E-state index in [4.69, 9.17) is 0 Å². The molecule has 8 nitrogen and oxygen atoms in total. The molecule has 5 rings (SSSR count). The summed E-state index contributed by atoms with van der Waals surface area (Å²) in [5.74, 6) is 2.11.